The second-order valence-electron chi connectivity index (χ2n) is 11.3. The van der Waals surface area contributed by atoms with E-state index in [4.69, 9.17) is 23.7 Å². The zero-order valence-corrected chi connectivity index (χ0v) is 24.2. The Hall–Kier alpha value is -2.23. The number of rotatable bonds is 9. The van der Waals surface area contributed by atoms with Gasteiger partial charge in [0, 0.05) is 27.9 Å². The van der Waals surface area contributed by atoms with Crippen molar-refractivity contribution in [3.8, 4) is 0 Å². The van der Waals surface area contributed by atoms with Crippen LogP contribution in [0.3, 0.4) is 0 Å². The molecule has 0 aromatic carbocycles. The summed E-state index contributed by atoms with van der Waals surface area (Å²) in [5, 5.41) is 78.3. The number of nitrogens with zero attached hydrogens (tertiary/aromatic N) is 2. The van der Waals surface area contributed by atoms with E-state index in [1.165, 1.54) is 6.92 Å². The topological polar surface area (TPSA) is 262 Å². The summed E-state index contributed by atoms with van der Waals surface area (Å²) in [5.41, 5.74) is 0. The van der Waals surface area contributed by atoms with E-state index in [0.717, 1.165) is 6.92 Å². The van der Waals surface area contributed by atoms with E-state index in [1.54, 1.807) is 19.0 Å². The molecule has 0 radical (unpaired) electrons. The number of fused-ring (bicyclic) bond motifs is 1. The SMILES string of the molecule is CC(=O)N[C@H]1[C@H](O[C@H]2[C@@H](O)[C@@H](NC(C)=O)[C@H](O[C@H]3[C@H](O)[C@H]4N=C(N(C)C)O[C@H]4[C@H]3CO)O[C@@H]2CO)O[C@H](CO)[C@@H](O)[C@H]1O. The van der Waals surface area contributed by atoms with Crippen molar-refractivity contribution in [2.45, 2.75) is 99.5 Å². The molecule has 0 spiro atoms. The van der Waals surface area contributed by atoms with Gasteiger partial charge in [0.1, 0.15) is 67.0 Å². The first-order valence-electron chi connectivity index (χ1n) is 14.0. The third-order valence-corrected chi connectivity index (χ3v) is 8.02. The van der Waals surface area contributed by atoms with Crippen molar-refractivity contribution in [1.29, 1.82) is 0 Å². The maximum absolute atomic E-state index is 12.2. The summed E-state index contributed by atoms with van der Waals surface area (Å²) < 4.78 is 29.3. The monoisotopic (exact) mass is 622 g/mol. The highest BCUT2D eigenvalue weighted by Crippen LogP contribution is 2.39. The van der Waals surface area contributed by atoms with Crippen molar-refractivity contribution in [2.75, 3.05) is 33.9 Å². The van der Waals surface area contributed by atoms with Crippen molar-refractivity contribution < 1.29 is 69.0 Å². The van der Waals surface area contributed by atoms with Crippen molar-refractivity contribution in [2.24, 2.45) is 10.9 Å². The molecule has 1 aliphatic carbocycles. The average Bonchev–Trinajstić information content (AvgIpc) is 3.49. The number of aliphatic hydroxyl groups is 7. The molecule has 0 aromatic rings. The van der Waals surface area contributed by atoms with Crippen LogP contribution in [0.5, 0.6) is 0 Å². The highest BCUT2D eigenvalue weighted by Gasteiger charge is 2.58. The van der Waals surface area contributed by atoms with E-state index in [-0.39, 0.29) is 6.02 Å². The summed E-state index contributed by atoms with van der Waals surface area (Å²) in [6, 6.07) is -3.21. The molecule has 1 saturated carbocycles. The lowest BCUT2D eigenvalue weighted by molar-refractivity contribution is -0.339. The molecule has 9 N–H and O–H groups in total. The van der Waals surface area contributed by atoms with Gasteiger partial charge in [-0.25, -0.2) is 4.99 Å². The number of amides is 2. The molecule has 43 heavy (non-hydrogen) atoms. The summed E-state index contributed by atoms with van der Waals surface area (Å²) in [5.74, 6) is -1.99. The second-order valence-corrected chi connectivity index (χ2v) is 11.3. The number of aliphatic imine (C=N–C) groups is 1. The van der Waals surface area contributed by atoms with Crippen LogP contribution in [0, 0.1) is 5.92 Å². The van der Waals surface area contributed by atoms with Gasteiger partial charge >= 0.3 is 0 Å². The molecule has 0 aromatic heterocycles. The van der Waals surface area contributed by atoms with Gasteiger partial charge in [-0.2, -0.15) is 0 Å². The maximum Gasteiger partial charge on any atom is 0.287 e. The van der Waals surface area contributed by atoms with Crippen LogP contribution >= 0.6 is 0 Å². The molecule has 3 fully saturated rings. The predicted molar refractivity (Wildman–Crippen MR) is 141 cm³/mol. The smallest absolute Gasteiger partial charge is 0.287 e. The van der Waals surface area contributed by atoms with Gasteiger partial charge in [0.05, 0.1) is 31.8 Å². The molecule has 4 aliphatic rings. The quantitative estimate of drug-likeness (QED) is 0.116. The fraction of sp³-hybridized carbons (Fsp3) is 0.880. The summed E-state index contributed by atoms with van der Waals surface area (Å²) in [6.07, 6.45) is -15.2. The Bertz CT molecular complexity index is 1020. The van der Waals surface area contributed by atoms with Crippen LogP contribution in [0.15, 0.2) is 4.99 Å². The molecule has 3 heterocycles. The Kier molecular flexibility index (Phi) is 10.8. The molecule has 18 nitrogen and oxygen atoms in total. The summed E-state index contributed by atoms with van der Waals surface area (Å²) >= 11 is 0. The molecular formula is C25H42N4O14. The first-order chi connectivity index (χ1) is 20.3. The number of carbonyl (C=O) groups is 2. The highest BCUT2D eigenvalue weighted by molar-refractivity contribution is 5.76. The minimum Gasteiger partial charge on any atom is -0.459 e. The molecule has 4 rings (SSSR count). The third kappa shape index (κ3) is 6.74. The van der Waals surface area contributed by atoms with Gasteiger partial charge in [0.25, 0.3) is 6.02 Å². The van der Waals surface area contributed by atoms with E-state index in [2.05, 4.69) is 15.6 Å². The van der Waals surface area contributed by atoms with E-state index in [9.17, 15) is 45.3 Å². The Morgan fingerprint density at radius 2 is 1.33 bits per heavy atom. The fourth-order valence-corrected chi connectivity index (χ4v) is 5.91. The van der Waals surface area contributed by atoms with E-state index in [1.807, 2.05) is 0 Å². The zero-order chi connectivity index (χ0) is 31.7. The number of nitrogens with one attached hydrogen (secondary N) is 2. The third-order valence-electron chi connectivity index (χ3n) is 8.02. The van der Waals surface area contributed by atoms with Crippen LogP contribution in [-0.2, 0) is 33.3 Å². The molecule has 2 saturated heterocycles. The maximum atomic E-state index is 12.2. The normalized spacial score (nSPS) is 44.3. The van der Waals surface area contributed by atoms with Gasteiger partial charge in [-0.1, -0.05) is 0 Å². The molecule has 0 bridgehead atoms. The van der Waals surface area contributed by atoms with E-state index >= 15 is 0 Å². The van der Waals surface area contributed by atoms with Gasteiger partial charge in [-0.3, -0.25) is 9.59 Å². The number of amidine groups is 1. The van der Waals surface area contributed by atoms with Crippen LogP contribution in [-0.4, -0.2) is 178 Å². The summed E-state index contributed by atoms with van der Waals surface area (Å²) in [6.45, 7) is 0.403. The first kappa shape index (κ1) is 33.7. The Labute approximate surface area is 247 Å². The molecule has 0 unspecified atom stereocenters. The van der Waals surface area contributed by atoms with Crippen LogP contribution < -0.4 is 10.6 Å². The van der Waals surface area contributed by atoms with Crippen molar-refractivity contribution in [3.63, 3.8) is 0 Å². The summed E-state index contributed by atoms with van der Waals surface area (Å²) in [7, 11) is 3.42. The molecule has 246 valence electrons. The number of carbonyl (C=O) groups excluding carboxylic acids is 2. The Morgan fingerprint density at radius 3 is 1.84 bits per heavy atom. The van der Waals surface area contributed by atoms with Gasteiger partial charge in [-0.05, 0) is 0 Å². The Morgan fingerprint density at radius 1 is 0.791 bits per heavy atom. The van der Waals surface area contributed by atoms with E-state index in [0.29, 0.717) is 0 Å². The van der Waals surface area contributed by atoms with Gasteiger partial charge in [-0.15, -0.1) is 0 Å². The molecule has 18 heteroatoms. The molecule has 15 atom stereocenters. The number of ether oxygens (including phenoxy) is 5. The molecular weight excluding hydrogens is 580 g/mol. The van der Waals surface area contributed by atoms with Gasteiger partial charge in [0.2, 0.25) is 11.8 Å². The fourth-order valence-electron chi connectivity index (χ4n) is 5.91. The van der Waals surface area contributed by atoms with Crippen molar-refractivity contribution >= 4 is 17.8 Å². The average molecular weight is 623 g/mol. The molecule has 2 amide bonds. The van der Waals surface area contributed by atoms with Crippen molar-refractivity contribution in [3.05, 3.63) is 0 Å². The lowest BCUT2D eigenvalue weighted by Crippen LogP contribution is -2.69. The second kappa shape index (κ2) is 13.8. The van der Waals surface area contributed by atoms with E-state index < -0.39 is 123 Å². The highest BCUT2D eigenvalue weighted by atomic mass is 16.7. The van der Waals surface area contributed by atoms with Crippen LogP contribution in [0.1, 0.15) is 13.8 Å². The van der Waals surface area contributed by atoms with Crippen molar-refractivity contribution in [1.82, 2.24) is 15.5 Å². The lowest BCUT2D eigenvalue weighted by atomic mass is 9.94. The van der Waals surface area contributed by atoms with Crippen LogP contribution in [0.4, 0.5) is 0 Å². The number of aliphatic hydroxyl groups excluding tert-OH is 7. The van der Waals surface area contributed by atoms with Crippen LogP contribution in [0.2, 0.25) is 0 Å². The summed E-state index contributed by atoms with van der Waals surface area (Å²) in [4.78, 5) is 30.0. The van der Waals surface area contributed by atoms with Crippen LogP contribution in [0.25, 0.3) is 0 Å². The number of hydrogen-bond donors (Lipinski definition) is 9. The molecule has 3 aliphatic heterocycles. The number of hydrogen-bond acceptors (Lipinski definition) is 16. The standard InChI is InChI=1S/C25H42N4O14/c1-8(33)26-14-17(36)16(35)11(6-31)39-23(14)42-22-12(7-32)40-24(15(19(22)38)27-9(2)34)41-21-10(5-30)20-13(18(21)37)28-25(43-20)29(3)4/h10-24,30-32,35-38H,5-7H2,1-4H3,(H,26,33)(H,27,34)/t10-,11-,12-,13-,14-,15-,16-,17+,18-,19+,20+,21-,22-,23+,24+/m1/s1. The predicted octanol–water partition coefficient (Wildman–Crippen LogP) is -6.05. The lowest BCUT2D eigenvalue weighted by Gasteiger charge is -2.48. The first-order valence-corrected chi connectivity index (χ1v) is 14.0. The minimum absolute atomic E-state index is 0.273. The van der Waals surface area contributed by atoms with Gasteiger partial charge < -0.3 is 75.0 Å². The van der Waals surface area contributed by atoms with Gasteiger partial charge in [0.15, 0.2) is 12.6 Å². The minimum atomic E-state index is -1.67. The zero-order valence-electron chi connectivity index (χ0n) is 24.2. The largest absolute Gasteiger partial charge is 0.459 e. The Balaban J connectivity index is 1.57.